The summed E-state index contributed by atoms with van der Waals surface area (Å²) in [5.41, 5.74) is 1.25. The molecular formula is C27H52O2. The second-order valence-electron chi connectivity index (χ2n) is 10.4. The zero-order valence-electron chi connectivity index (χ0n) is 20.8. The van der Waals surface area contributed by atoms with Crippen molar-refractivity contribution in [3.63, 3.8) is 0 Å². The minimum absolute atomic E-state index is 0.201. The maximum atomic E-state index is 11.4. The van der Waals surface area contributed by atoms with Gasteiger partial charge in [0.15, 0.2) is 0 Å². The van der Waals surface area contributed by atoms with Crippen LogP contribution in [0.1, 0.15) is 137 Å². The molecule has 0 spiro atoms. The molecule has 0 heterocycles. The monoisotopic (exact) mass is 408 g/mol. The van der Waals surface area contributed by atoms with Gasteiger partial charge in [-0.25, -0.2) is 4.79 Å². The van der Waals surface area contributed by atoms with Gasteiger partial charge in [-0.15, -0.1) is 0 Å². The molecule has 0 N–H and O–H groups in total. The number of esters is 1. The van der Waals surface area contributed by atoms with Crippen molar-refractivity contribution in [2.45, 2.75) is 137 Å². The van der Waals surface area contributed by atoms with Crippen LogP contribution in [0, 0.1) is 11.3 Å². The topological polar surface area (TPSA) is 26.3 Å². The molecule has 0 rings (SSSR count). The molecule has 0 aliphatic heterocycles. The average molecular weight is 409 g/mol. The highest BCUT2D eigenvalue weighted by atomic mass is 16.5. The summed E-state index contributed by atoms with van der Waals surface area (Å²) in [5.74, 6) is 0.264. The molecule has 0 aliphatic rings. The maximum Gasteiger partial charge on any atom is 0.333 e. The third-order valence-electron chi connectivity index (χ3n) is 5.88. The van der Waals surface area contributed by atoms with E-state index in [1.165, 1.54) is 110 Å². The first-order valence-electron chi connectivity index (χ1n) is 12.5. The van der Waals surface area contributed by atoms with Crippen LogP contribution in [-0.2, 0) is 9.53 Å². The molecule has 0 saturated heterocycles. The van der Waals surface area contributed by atoms with Crippen LogP contribution in [-0.4, -0.2) is 13.1 Å². The van der Waals surface area contributed by atoms with E-state index in [9.17, 15) is 4.79 Å². The van der Waals surface area contributed by atoms with Crippen LogP contribution in [0.4, 0.5) is 0 Å². The normalized spacial score (nSPS) is 13.5. The van der Waals surface area contributed by atoms with Crippen LogP contribution < -0.4 is 0 Å². The number of unbranched alkanes of at least 4 members (excludes halogenated alkanes) is 13. The molecule has 2 nitrogen and oxygen atoms in total. The van der Waals surface area contributed by atoms with E-state index in [4.69, 9.17) is 4.74 Å². The fourth-order valence-electron chi connectivity index (χ4n) is 3.98. The lowest BCUT2D eigenvalue weighted by atomic mass is 9.89. The molecule has 0 unspecified atom stereocenters. The SMILES string of the molecule is COC(=O)/C(C)=C/[C@H](C)CCCCCCCCCCCCCCCCC(C)(C)C. The first-order chi connectivity index (χ1) is 13.8. The minimum atomic E-state index is -0.201. The van der Waals surface area contributed by atoms with Gasteiger partial charge in [-0.1, -0.05) is 124 Å². The van der Waals surface area contributed by atoms with Crippen LogP contribution in [0.3, 0.4) is 0 Å². The van der Waals surface area contributed by atoms with E-state index < -0.39 is 0 Å². The summed E-state index contributed by atoms with van der Waals surface area (Å²) in [5, 5.41) is 0. The van der Waals surface area contributed by atoms with Gasteiger partial charge in [0.1, 0.15) is 0 Å². The molecule has 172 valence electrons. The van der Waals surface area contributed by atoms with Crippen molar-refractivity contribution >= 4 is 5.97 Å². The molecule has 29 heavy (non-hydrogen) atoms. The minimum Gasteiger partial charge on any atom is -0.466 e. The number of carbonyl (C=O) groups excluding carboxylic acids is 1. The lowest BCUT2D eigenvalue weighted by molar-refractivity contribution is -0.136. The molecular weight excluding hydrogens is 356 g/mol. The molecule has 0 radical (unpaired) electrons. The second-order valence-corrected chi connectivity index (χ2v) is 10.4. The zero-order valence-corrected chi connectivity index (χ0v) is 20.8. The number of rotatable bonds is 18. The molecule has 0 aromatic carbocycles. The van der Waals surface area contributed by atoms with Gasteiger partial charge in [0.05, 0.1) is 7.11 Å². The zero-order chi connectivity index (χ0) is 22.0. The van der Waals surface area contributed by atoms with Crippen LogP contribution in [0.5, 0.6) is 0 Å². The molecule has 2 heteroatoms. The number of hydrogen-bond donors (Lipinski definition) is 0. The second kappa shape index (κ2) is 18.0. The summed E-state index contributed by atoms with van der Waals surface area (Å²) in [6.07, 6.45) is 24.2. The van der Waals surface area contributed by atoms with Crippen molar-refractivity contribution in [2.75, 3.05) is 7.11 Å². The highest BCUT2D eigenvalue weighted by Crippen LogP contribution is 2.22. The molecule has 0 saturated carbocycles. The number of carbonyl (C=O) groups is 1. The molecule has 0 aromatic rings. The van der Waals surface area contributed by atoms with Crippen molar-refractivity contribution in [3.05, 3.63) is 11.6 Å². The van der Waals surface area contributed by atoms with Gasteiger partial charge in [0.25, 0.3) is 0 Å². The van der Waals surface area contributed by atoms with E-state index in [0.29, 0.717) is 11.3 Å². The first kappa shape index (κ1) is 28.2. The van der Waals surface area contributed by atoms with Crippen LogP contribution in [0.15, 0.2) is 11.6 Å². The van der Waals surface area contributed by atoms with E-state index in [1.54, 1.807) is 0 Å². The third-order valence-corrected chi connectivity index (χ3v) is 5.88. The standard InChI is InChI=1S/C27H52O2/c1-24(23-25(2)26(28)29-6)21-19-17-15-13-11-9-7-8-10-12-14-16-18-20-22-27(3,4)5/h23-24H,7-22H2,1-6H3/b25-23+/t24-/m1/s1. The summed E-state index contributed by atoms with van der Waals surface area (Å²) in [7, 11) is 1.44. The molecule has 0 aliphatic carbocycles. The van der Waals surface area contributed by atoms with Gasteiger partial charge >= 0.3 is 5.97 Å². The number of ether oxygens (including phenoxy) is 1. The molecule has 0 amide bonds. The summed E-state index contributed by atoms with van der Waals surface area (Å²) in [6.45, 7) is 11.1. The fraction of sp³-hybridized carbons (Fsp3) is 0.889. The summed E-state index contributed by atoms with van der Waals surface area (Å²) in [4.78, 5) is 11.4. The molecule has 0 aromatic heterocycles. The van der Waals surface area contributed by atoms with Gasteiger partial charge in [0, 0.05) is 5.57 Å². The predicted octanol–water partition coefficient (Wildman–Crippen LogP) is 9.03. The Morgan fingerprint density at radius 1 is 0.759 bits per heavy atom. The molecule has 0 bridgehead atoms. The quantitative estimate of drug-likeness (QED) is 0.128. The van der Waals surface area contributed by atoms with Crippen LogP contribution >= 0.6 is 0 Å². The van der Waals surface area contributed by atoms with Gasteiger partial charge < -0.3 is 4.74 Å². The maximum absolute atomic E-state index is 11.4. The Morgan fingerprint density at radius 3 is 1.52 bits per heavy atom. The lowest BCUT2D eigenvalue weighted by Crippen LogP contribution is -2.03. The summed E-state index contributed by atoms with van der Waals surface area (Å²) >= 11 is 0. The Balaban J connectivity index is 3.31. The van der Waals surface area contributed by atoms with Gasteiger partial charge in [0.2, 0.25) is 0 Å². The van der Waals surface area contributed by atoms with Gasteiger partial charge in [-0.2, -0.15) is 0 Å². The van der Waals surface area contributed by atoms with Crippen LogP contribution in [0.2, 0.25) is 0 Å². The van der Waals surface area contributed by atoms with Crippen molar-refractivity contribution < 1.29 is 9.53 Å². The number of methoxy groups -OCH3 is 1. The van der Waals surface area contributed by atoms with E-state index in [0.717, 1.165) is 5.57 Å². The molecule has 0 fully saturated rings. The van der Waals surface area contributed by atoms with Gasteiger partial charge in [-0.3, -0.25) is 0 Å². The number of hydrogen-bond acceptors (Lipinski definition) is 2. The van der Waals surface area contributed by atoms with E-state index in [-0.39, 0.29) is 5.97 Å². The fourth-order valence-corrected chi connectivity index (χ4v) is 3.98. The Hall–Kier alpha value is -0.790. The Morgan fingerprint density at radius 2 is 1.14 bits per heavy atom. The Bertz CT molecular complexity index is 417. The van der Waals surface area contributed by atoms with E-state index in [1.807, 2.05) is 6.92 Å². The lowest BCUT2D eigenvalue weighted by Gasteiger charge is -2.17. The molecule has 1 atom stereocenters. The Labute approximate surface area is 183 Å². The highest BCUT2D eigenvalue weighted by Gasteiger charge is 2.08. The summed E-state index contributed by atoms with van der Waals surface area (Å²) < 4.78 is 4.75. The average Bonchev–Trinajstić information content (AvgIpc) is 2.65. The van der Waals surface area contributed by atoms with Gasteiger partial charge in [-0.05, 0) is 31.1 Å². The van der Waals surface area contributed by atoms with E-state index >= 15 is 0 Å². The van der Waals surface area contributed by atoms with Crippen molar-refractivity contribution in [2.24, 2.45) is 11.3 Å². The smallest absolute Gasteiger partial charge is 0.333 e. The largest absolute Gasteiger partial charge is 0.466 e. The highest BCUT2D eigenvalue weighted by molar-refractivity contribution is 5.87. The van der Waals surface area contributed by atoms with Crippen molar-refractivity contribution in [1.82, 2.24) is 0 Å². The predicted molar refractivity (Wildman–Crippen MR) is 128 cm³/mol. The van der Waals surface area contributed by atoms with E-state index in [2.05, 4.69) is 33.8 Å². The van der Waals surface area contributed by atoms with Crippen molar-refractivity contribution in [1.29, 1.82) is 0 Å². The Kier molecular flexibility index (Phi) is 17.5. The van der Waals surface area contributed by atoms with Crippen LogP contribution in [0.25, 0.3) is 0 Å². The summed E-state index contributed by atoms with van der Waals surface area (Å²) in [6, 6.07) is 0. The number of allylic oxidation sites excluding steroid dienone is 1. The third kappa shape index (κ3) is 20.3. The van der Waals surface area contributed by atoms with Crippen molar-refractivity contribution in [3.8, 4) is 0 Å². The first-order valence-corrected chi connectivity index (χ1v) is 12.5.